The maximum atomic E-state index is 13.9. The Hall–Kier alpha value is -4.26. The third-order valence-electron chi connectivity index (χ3n) is 4.61. The number of nitrogens with zero attached hydrogens (tertiary/aromatic N) is 6. The number of aromatic hydroxyl groups is 1. The highest BCUT2D eigenvalue weighted by molar-refractivity contribution is 5.80. The highest BCUT2D eigenvalue weighted by atomic mass is 19.1. The average molecular weight is 404 g/mol. The number of aryl methyl sites for hydroxylation is 1. The largest absolute Gasteiger partial charge is 0.508 e. The van der Waals surface area contributed by atoms with Crippen LogP contribution in [0, 0.1) is 24.1 Å². The molecule has 150 valence electrons. The van der Waals surface area contributed by atoms with Gasteiger partial charge in [0.25, 0.3) is 0 Å². The number of rotatable bonds is 4. The topological polar surface area (TPSA) is 138 Å². The predicted octanol–water partition coefficient (Wildman–Crippen LogP) is 2.97. The third-order valence-corrected chi connectivity index (χ3v) is 4.61. The number of aromatic nitrogens is 5. The molecule has 0 saturated carbocycles. The van der Waals surface area contributed by atoms with Gasteiger partial charge in [-0.2, -0.15) is 10.4 Å². The molecule has 0 saturated heterocycles. The molecule has 0 aliphatic heterocycles. The molecule has 3 aromatic heterocycles. The number of anilines is 2. The van der Waals surface area contributed by atoms with Gasteiger partial charge >= 0.3 is 0 Å². The Labute approximate surface area is 170 Å². The molecule has 4 rings (SSSR count). The lowest BCUT2D eigenvalue weighted by molar-refractivity contribution is 0.469. The Morgan fingerprint density at radius 1 is 1.30 bits per heavy atom. The van der Waals surface area contributed by atoms with E-state index in [1.807, 2.05) is 19.1 Å². The van der Waals surface area contributed by atoms with E-state index in [1.54, 1.807) is 17.6 Å². The number of halogens is 1. The summed E-state index contributed by atoms with van der Waals surface area (Å²) in [6, 6.07) is 7.14. The number of phenols is 1. The van der Waals surface area contributed by atoms with Gasteiger partial charge in [-0.25, -0.2) is 23.9 Å². The van der Waals surface area contributed by atoms with Crippen molar-refractivity contribution in [1.29, 1.82) is 5.26 Å². The van der Waals surface area contributed by atoms with Crippen LogP contribution in [0.3, 0.4) is 0 Å². The van der Waals surface area contributed by atoms with E-state index in [9.17, 15) is 14.8 Å². The van der Waals surface area contributed by atoms with Gasteiger partial charge in [0, 0.05) is 17.8 Å². The van der Waals surface area contributed by atoms with Crippen LogP contribution in [0.1, 0.15) is 29.9 Å². The van der Waals surface area contributed by atoms with Crippen molar-refractivity contribution < 1.29 is 9.50 Å². The molecular weight excluding hydrogens is 387 g/mol. The van der Waals surface area contributed by atoms with Gasteiger partial charge in [-0.15, -0.1) is 0 Å². The van der Waals surface area contributed by atoms with Crippen LogP contribution in [0.5, 0.6) is 5.75 Å². The number of nitrogens with two attached hydrogens (primary N) is 1. The lowest BCUT2D eigenvalue weighted by Crippen LogP contribution is -2.16. The second-order valence-electron chi connectivity index (χ2n) is 6.77. The van der Waals surface area contributed by atoms with Crippen LogP contribution >= 0.6 is 0 Å². The van der Waals surface area contributed by atoms with E-state index in [0.717, 1.165) is 11.6 Å². The molecule has 4 aromatic rings. The van der Waals surface area contributed by atoms with E-state index >= 15 is 0 Å². The molecule has 1 atom stereocenters. The van der Waals surface area contributed by atoms with Gasteiger partial charge in [-0.3, -0.25) is 0 Å². The van der Waals surface area contributed by atoms with Gasteiger partial charge in [-0.1, -0.05) is 0 Å². The monoisotopic (exact) mass is 404 g/mol. The Morgan fingerprint density at radius 3 is 2.83 bits per heavy atom. The lowest BCUT2D eigenvalue weighted by atomic mass is 10.1. The first kappa shape index (κ1) is 19.1. The quantitative estimate of drug-likeness (QED) is 0.472. The fraction of sp³-hybridized carbons (Fsp3) is 0.150. The van der Waals surface area contributed by atoms with Gasteiger partial charge in [0.1, 0.15) is 41.2 Å². The number of phenolic OH excluding ortho intramolecular Hbond substituents is 1. The van der Waals surface area contributed by atoms with Crippen LogP contribution < -0.4 is 11.1 Å². The Balaban J connectivity index is 1.83. The van der Waals surface area contributed by atoms with Gasteiger partial charge in [0.05, 0.1) is 17.3 Å². The van der Waals surface area contributed by atoms with Crippen molar-refractivity contribution in [3.8, 4) is 23.1 Å². The van der Waals surface area contributed by atoms with Crippen LogP contribution in [0.15, 0.2) is 36.8 Å². The van der Waals surface area contributed by atoms with Gasteiger partial charge in [0.15, 0.2) is 5.82 Å². The van der Waals surface area contributed by atoms with Crippen molar-refractivity contribution in [2.45, 2.75) is 19.9 Å². The normalized spacial score (nSPS) is 11.9. The predicted molar refractivity (Wildman–Crippen MR) is 108 cm³/mol. The van der Waals surface area contributed by atoms with Crippen molar-refractivity contribution in [1.82, 2.24) is 24.6 Å². The molecular formula is C20H17FN8O. The zero-order valence-corrected chi connectivity index (χ0v) is 16.1. The lowest BCUT2D eigenvalue weighted by Gasteiger charge is -2.16. The number of nitrogens with one attached hydrogen (secondary N) is 1. The van der Waals surface area contributed by atoms with Gasteiger partial charge in [0.2, 0.25) is 0 Å². The highest BCUT2D eigenvalue weighted by Gasteiger charge is 2.19. The summed E-state index contributed by atoms with van der Waals surface area (Å²) >= 11 is 0. The van der Waals surface area contributed by atoms with E-state index in [1.165, 1.54) is 18.5 Å². The van der Waals surface area contributed by atoms with E-state index in [4.69, 9.17) is 5.73 Å². The number of hydrogen-bond acceptors (Lipinski definition) is 8. The molecule has 0 amide bonds. The standard InChI is InChI=1S/C20H17FN8O/c1-10-3-4-29-17(10)16(12-5-13(21)7-14(30)6-12)27-19(28-29)11(2)26-20-15(8-22)18(23)24-9-25-20/h3-7,9,11,30H,1-2H3,(H3,23,24,25,26)/t11-/m0/s1. The summed E-state index contributed by atoms with van der Waals surface area (Å²) in [6.45, 7) is 3.69. The van der Waals surface area contributed by atoms with Crippen molar-refractivity contribution in [2.75, 3.05) is 11.1 Å². The number of benzene rings is 1. The molecule has 3 heterocycles. The zero-order valence-electron chi connectivity index (χ0n) is 16.1. The minimum Gasteiger partial charge on any atom is -0.508 e. The molecule has 10 heteroatoms. The second kappa shape index (κ2) is 7.29. The fourth-order valence-electron chi connectivity index (χ4n) is 3.18. The summed E-state index contributed by atoms with van der Waals surface area (Å²) < 4.78 is 15.6. The third kappa shape index (κ3) is 3.33. The molecule has 0 aliphatic rings. The number of nitrogen functional groups attached to an aromatic ring is 1. The van der Waals surface area contributed by atoms with E-state index in [-0.39, 0.29) is 22.9 Å². The molecule has 0 aliphatic carbocycles. The van der Waals surface area contributed by atoms with Crippen LogP contribution in [0.25, 0.3) is 16.8 Å². The minimum absolute atomic E-state index is 0.0653. The summed E-state index contributed by atoms with van der Waals surface area (Å²) in [5.74, 6) is -0.0778. The minimum atomic E-state index is -0.575. The molecule has 0 bridgehead atoms. The SMILES string of the molecule is Cc1ccn2nc([C@H](C)Nc3ncnc(N)c3C#N)nc(-c3cc(O)cc(F)c3)c12. The first-order chi connectivity index (χ1) is 14.4. The molecule has 0 radical (unpaired) electrons. The molecule has 0 fully saturated rings. The van der Waals surface area contributed by atoms with E-state index in [2.05, 4.69) is 25.4 Å². The smallest absolute Gasteiger partial charge is 0.171 e. The maximum Gasteiger partial charge on any atom is 0.171 e. The molecule has 4 N–H and O–H groups in total. The van der Waals surface area contributed by atoms with Crippen LogP contribution in [-0.2, 0) is 0 Å². The fourth-order valence-corrected chi connectivity index (χ4v) is 3.18. The molecule has 0 unspecified atom stereocenters. The second-order valence-corrected chi connectivity index (χ2v) is 6.77. The summed E-state index contributed by atoms with van der Waals surface area (Å²) in [5, 5.41) is 26.8. The van der Waals surface area contributed by atoms with E-state index in [0.29, 0.717) is 22.6 Å². The molecule has 1 aromatic carbocycles. The highest BCUT2D eigenvalue weighted by Crippen LogP contribution is 2.30. The van der Waals surface area contributed by atoms with Crippen LogP contribution in [0.2, 0.25) is 0 Å². The first-order valence-corrected chi connectivity index (χ1v) is 9.00. The van der Waals surface area contributed by atoms with E-state index < -0.39 is 11.9 Å². The van der Waals surface area contributed by atoms with Crippen molar-refractivity contribution in [3.63, 3.8) is 0 Å². The molecule has 0 spiro atoms. The van der Waals surface area contributed by atoms with Gasteiger partial charge in [-0.05, 0) is 37.6 Å². The van der Waals surface area contributed by atoms with Gasteiger partial charge < -0.3 is 16.2 Å². The first-order valence-electron chi connectivity index (χ1n) is 9.00. The van der Waals surface area contributed by atoms with Crippen molar-refractivity contribution >= 4 is 17.2 Å². The number of nitriles is 1. The summed E-state index contributed by atoms with van der Waals surface area (Å²) in [4.78, 5) is 12.5. The summed E-state index contributed by atoms with van der Waals surface area (Å²) in [6.07, 6.45) is 3.03. The summed E-state index contributed by atoms with van der Waals surface area (Å²) in [7, 11) is 0. The Kier molecular flexibility index (Phi) is 4.63. The van der Waals surface area contributed by atoms with Crippen molar-refractivity contribution in [2.24, 2.45) is 0 Å². The molecule has 9 nitrogen and oxygen atoms in total. The van der Waals surface area contributed by atoms with Crippen LogP contribution in [0.4, 0.5) is 16.0 Å². The summed E-state index contributed by atoms with van der Waals surface area (Å²) in [5.41, 5.74) is 8.34. The Bertz CT molecular complexity index is 1290. The number of hydrogen-bond donors (Lipinski definition) is 3. The zero-order chi connectivity index (χ0) is 21.4. The number of fused-ring (bicyclic) bond motifs is 1. The Morgan fingerprint density at radius 2 is 2.10 bits per heavy atom. The average Bonchev–Trinajstić information content (AvgIpc) is 3.07. The molecule has 30 heavy (non-hydrogen) atoms. The van der Waals surface area contributed by atoms with Crippen molar-refractivity contribution in [3.05, 3.63) is 59.6 Å². The maximum absolute atomic E-state index is 13.9. The van der Waals surface area contributed by atoms with Crippen LogP contribution in [-0.4, -0.2) is 29.7 Å².